The first-order valence-electron chi connectivity index (χ1n) is 5.63. The number of halogens is 1. The van der Waals surface area contributed by atoms with E-state index in [1.54, 1.807) is 24.4 Å². The fraction of sp³-hybridized carbons (Fsp3) is 0.214. The Morgan fingerprint density at radius 2 is 1.94 bits per heavy atom. The van der Waals surface area contributed by atoms with Crippen molar-refractivity contribution in [3.05, 3.63) is 59.0 Å². The summed E-state index contributed by atoms with van der Waals surface area (Å²) in [6.45, 7) is 3.35. The standard InChI is InChI=1S/C14H15FN2O/c1-9-7-11(13(16)17-8-9)14(2,18)10-5-3-4-6-12(10)15/h3-8,18H,1-2H3,(H2,16,17). The van der Waals surface area contributed by atoms with Gasteiger partial charge in [0, 0.05) is 17.3 Å². The lowest BCUT2D eigenvalue weighted by molar-refractivity contribution is 0.0984. The Morgan fingerprint density at radius 1 is 1.28 bits per heavy atom. The molecule has 1 aromatic heterocycles. The maximum atomic E-state index is 13.8. The lowest BCUT2D eigenvalue weighted by atomic mass is 9.87. The van der Waals surface area contributed by atoms with E-state index in [9.17, 15) is 9.50 Å². The number of anilines is 1. The zero-order valence-electron chi connectivity index (χ0n) is 10.3. The predicted octanol–water partition coefficient (Wildman–Crippen LogP) is 2.37. The fourth-order valence-electron chi connectivity index (χ4n) is 1.97. The van der Waals surface area contributed by atoms with Crippen LogP contribution in [0.2, 0.25) is 0 Å². The number of nitrogen functional groups attached to an aromatic ring is 1. The van der Waals surface area contributed by atoms with Crippen molar-refractivity contribution in [3.63, 3.8) is 0 Å². The van der Waals surface area contributed by atoms with Crippen LogP contribution in [0.1, 0.15) is 23.6 Å². The van der Waals surface area contributed by atoms with Gasteiger partial charge in [0.1, 0.15) is 17.2 Å². The summed E-state index contributed by atoms with van der Waals surface area (Å²) in [5.41, 5.74) is 5.72. The Balaban J connectivity index is 2.61. The fourth-order valence-corrected chi connectivity index (χ4v) is 1.97. The largest absolute Gasteiger partial charge is 0.383 e. The van der Waals surface area contributed by atoms with E-state index in [0.717, 1.165) is 5.56 Å². The zero-order chi connectivity index (χ0) is 13.3. The molecule has 1 aromatic carbocycles. The molecule has 18 heavy (non-hydrogen) atoms. The molecule has 0 saturated carbocycles. The number of pyridine rings is 1. The molecule has 0 saturated heterocycles. The minimum Gasteiger partial charge on any atom is -0.383 e. The van der Waals surface area contributed by atoms with Gasteiger partial charge in [0.15, 0.2) is 0 Å². The van der Waals surface area contributed by atoms with Crippen molar-refractivity contribution in [2.45, 2.75) is 19.4 Å². The van der Waals surface area contributed by atoms with E-state index in [0.29, 0.717) is 5.56 Å². The Bertz CT molecular complexity index is 582. The molecule has 0 fully saturated rings. The Morgan fingerprint density at radius 3 is 2.61 bits per heavy atom. The molecule has 0 amide bonds. The van der Waals surface area contributed by atoms with Crippen molar-refractivity contribution in [1.29, 1.82) is 0 Å². The van der Waals surface area contributed by atoms with Gasteiger partial charge in [-0.05, 0) is 31.5 Å². The number of benzene rings is 1. The van der Waals surface area contributed by atoms with Gasteiger partial charge in [-0.2, -0.15) is 0 Å². The maximum absolute atomic E-state index is 13.8. The maximum Gasteiger partial charge on any atom is 0.129 e. The van der Waals surface area contributed by atoms with Gasteiger partial charge >= 0.3 is 0 Å². The molecular weight excluding hydrogens is 231 g/mol. The van der Waals surface area contributed by atoms with Crippen molar-refractivity contribution >= 4 is 5.82 Å². The third-order valence-corrected chi connectivity index (χ3v) is 2.98. The monoisotopic (exact) mass is 246 g/mol. The van der Waals surface area contributed by atoms with Crippen molar-refractivity contribution in [1.82, 2.24) is 4.98 Å². The molecule has 1 atom stereocenters. The van der Waals surface area contributed by atoms with E-state index in [4.69, 9.17) is 5.73 Å². The van der Waals surface area contributed by atoms with Crippen LogP contribution in [-0.4, -0.2) is 10.1 Å². The average Bonchev–Trinajstić information content (AvgIpc) is 2.32. The van der Waals surface area contributed by atoms with Crippen LogP contribution < -0.4 is 5.73 Å². The molecule has 1 unspecified atom stereocenters. The highest BCUT2D eigenvalue weighted by molar-refractivity contribution is 5.49. The van der Waals surface area contributed by atoms with Crippen LogP contribution in [0.25, 0.3) is 0 Å². The molecule has 3 N–H and O–H groups in total. The number of nitrogens with zero attached hydrogens (tertiary/aromatic N) is 1. The molecule has 4 heteroatoms. The first-order chi connectivity index (χ1) is 8.43. The van der Waals surface area contributed by atoms with Gasteiger partial charge in [-0.1, -0.05) is 18.2 Å². The van der Waals surface area contributed by atoms with Crippen LogP contribution in [0.5, 0.6) is 0 Å². The van der Waals surface area contributed by atoms with Gasteiger partial charge in [0.05, 0.1) is 0 Å². The smallest absolute Gasteiger partial charge is 0.129 e. The number of hydrogen-bond donors (Lipinski definition) is 2. The normalized spacial score (nSPS) is 14.2. The van der Waals surface area contributed by atoms with Gasteiger partial charge in [-0.15, -0.1) is 0 Å². The molecule has 1 heterocycles. The third kappa shape index (κ3) is 2.07. The predicted molar refractivity (Wildman–Crippen MR) is 68.5 cm³/mol. The number of rotatable bonds is 2. The number of aromatic nitrogens is 1. The summed E-state index contributed by atoms with van der Waals surface area (Å²) >= 11 is 0. The summed E-state index contributed by atoms with van der Waals surface area (Å²) in [6, 6.07) is 7.81. The molecule has 94 valence electrons. The van der Waals surface area contributed by atoms with E-state index >= 15 is 0 Å². The second-order valence-electron chi connectivity index (χ2n) is 4.50. The van der Waals surface area contributed by atoms with E-state index in [1.165, 1.54) is 19.1 Å². The molecule has 0 aliphatic heterocycles. The highest BCUT2D eigenvalue weighted by Gasteiger charge is 2.31. The first-order valence-corrected chi connectivity index (χ1v) is 5.63. The van der Waals surface area contributed by atoms with Crippen LogP contribution in [0.4, 0.5) is 10.2 Å². The van der Waals surface area contributed by atoms with Crippen LogP contribution in [-0.2, 0) is 5.60 Å². The number of aryl methyl sites for hydroxylation is 1. The SMILES string of the molecule is Cc1cnc(N)c(C(C)(O)c2ccccc2F)c1. The number of nitrogens with two attached hydrogens (primary N) is 1. The lowest BCUT2D eigenvalue weighted by Gasteiger charge is -2.26. The van der Waals surface area contributed by atoms with E-state index in [-0.39, 0.29) is 11.4 Å². The molecule has 3 nitrogen and oxygen atoms in total. The summed E-state index contributed by atoms with van der Waals surface area (Å²) in [7, 11) is 0. The summed E-state index contributed by atoms with van der Waals surface area (Å²) in [5.74, 6) is -0.266. The summed E-state index contributed by atoms with van der Waals surface area (Å²) in [5, 5.41) is 10.6. The van der Waals surface area contributed by atoms with Crippen molar-refractivity contribution in [3.8, 4) is 0 Å². The quantitative estimate of drug-likeness (QED) is 0.855. The van der Waals surface area contributed by atoms with Gasteiger partial charge < -0.3 is 10.8 Å². The van der Waals surface area contributed by atoms with E-state index < -0.39 is 11.4 Å². The zero-order valence-corrected chi connectivity index (χ0v) is 10.3. The summed E-state index contributed by atoms with van der Waals surface area (Å²) in [4.78, 5) is 4.00. The minimum absolute atomic E-state index is 0.184. The topological polar surface area (TPSA) is 59.1 Å². The minimum atomic E-state index is -1.51. The van der Waals surface area contributed by atoms with Gasteiger partial charge in [0.2, 0.25) is 0 Å². The molecule has 0 aliphatic carbocycles. The van der Waals surface area contributed by atoms with E-state index in [2.05, 4.69) is 4.98 Å². The Hall–Kier alpha value is -1.94. The van der Waals surface area contributed by atoms with E-state index in [1.807, 2.05) is 6.92 Å². The molecule has 0 spiro atoms. The molecule has 2 aromatic rings. The van der Waals surface area contributed by atoms with Gasteiger partial charge in [-0.3, -0.25) is 0 Å². The number of aliphatic hydroxyl groups is 1. The van der Waals surface area contributed by atoms with Gasteiger partial charge in [0.25, 0.3) is 0 Å². The Labute approximate surface area is 105 Å². The second kappa shape index (κ2) is 4.38. The third-order valence-electron chi connectivity index (χ3n) is 2.98. The average molecular weight is 246 g/mol. The summed E-state index contributed by atoms with van der Waals surface area (Å²) < 4.78 is 13.8. The molecule has 0 radical (unpaired) electrons. The van der Waals surface area contributed by atoms with Crippen LogP contribution >= 0.6 is 0 Å². The van der Waals surface area contributed by atoms with Crippen molar-refractivity contribution in [2.24, 2.45) is 0 Å². The van der Waals surface area contributed by atoms with Gasteiger partial charge in [-0.25, -0.2) is 9.37 Å². The first kappa shape index (κ1) is 12.5. The van der Waals surface area contributed by atoms with Crippen molar-refractivity contribution in [2.75, 3.05) is 5.73 Å². The van der Waals surface area contributed by atoms with Crippen molar-refractivity contribution < 1.29 is 9.50 Å². The Kier molecular flexibility index (Phi) is 3.05. The highest BCUT2D eigenvalue weighted by Crippen LogP contribution is 2.33. The molecule has 0 aliphatic rings. The number of hydrogen-bond acceptors (Lipinski definition) is 3. The molecule has 2 rings (SSSR count). The highest BCUT2D eigenvalue weighted by atomic mass is 19.1. The van der Waals surface area contributed by atoms with Crippen LogP contribution in [0.15, 0.2) is 36.5 Å². The van der Waals surface area contributed by atoms with Crippen LogP contribution in [0, 0.1) is 12.7 Å². The molecular formula is C14H15FN2O. The van der Waals surface area contributed by atoms with Crippen LogP contribution in [0.3, 0.4) is 0 Å². The summed E-state index contributed by atoms with van der Waals surface area (Å²) in [6.07, 6.45) is 1.61. The molecule has 0 bridgehead atoms. The lowest BCUT2D eigenvalue weighted by Crippen LogP contribution is -2.26. The second-order valence-corrected chi connectivity index (χ2v) is 4.50.